The van der Waals surface area contributed by atoms with Gasteiger partial charge in [-0.05, 0) is 32.2 Å². The van der Waals surface area contributed by atoms with Gasteiger partial charge in [-0.2, -0.15) is 0 Å². The summed E-state index contributed by atoms with van der Waals surface area (Å²) in [5.74, 6) is 0.593. The fourth-order valence-electron chi connectivity index (χ4n) is 1.29. The molecule has 0 saturated carbocycles. The first-order valence-corrected chi connectivity index (χ1v) is 6.64. The normalized spacial score (nSPS) is 12.0. The predicted molar refractivity (Wildman–Crippen MR) is 71.4 cm³/mol. The Morgan fingerprint density at radius 3 is 2.82 bits per heavy atom. The molecule has 1 N–H and O–H groups in total. The van der Waals surface area contributed by atoms with Crippen molar-refractivity contribution >= 4 is 22.9 Å². The van der Waals surface area contributed by atoms with E-state index in [1.807, 2.05) is 11.4 Å². The molecule has 0 bridgehead atoms. The third kappa shape index (κ3) is 3.31. The van der Waals surface area contributed by atoms with Gasteiger partial charge >= 0.3 is 0 Å². The Hall–Kier alpha value is -0.840. The molecule has 0 amide bonds. The zero-order chi connectivity index (χ0) is 12.5. The van der Waals surface area contributed by atoms with Crippen LogP contribution in [0, 0.1) is 0 Å². The summed E-state index contributed by atoms with van der Waals surface area (Å²) in [5, 5.41) is 5.97. The lowest BCUT2D eigenvalue weighted by Gasteiger charge is -2.19. The summed E-state index contributed by atoms with van der Waals surface area (Å²) in [6, 6.07) is 1.85. The standard InChI is InChI=1S/C12H15ClN2OS/c1-12(2,3)14-6-8-7-16-11(15-8)10-9(13)4-5-17-10/h4-5,7,14H,6H2,1-3H3. The lowest BCUT2D eigenvalue weighted by atomic mass is 10.1. The molecule has 0 aliphatic rings. The molecule has 0 aliphatic heterocycles. The molecule has 0 saturated heterocycles. The quantitative estimate of drug-likeness (QED) is 0.918. The summed E-state index contributed by atoms with van der Waals surface area (Å²) in [7, 11) is 0. The summed E-state index contributed by atoms with van der Waals surface area (Å²) in [5.41, 5.74) is 0.957. The van der Waals surface area contributed by atoms with Crippen molar-refractivity contribution in [3.63, 3.8) is 0 Å². The maximum atomic E-state index is 6.03. The number of aromatic nitrogens is 1. The van der Waals surface area contributed by atoms with Gasteiger partial charge in [0, 0.05) is 12.1 Å². The fourth-order valence-corrected chi connectivity index (χ4v) is 2.36. The van der Waals surface area contributed by atoms with Crippen molar-refractivity contribution < 1.29 is 4.42 Å². The van der Waals surface area contributed by atoms with Crippen molar-refractivity contribution in [3.8, 4) is 10.8 Å². The molecule has 0 radical (unpaired) electrons. The topological polar surface area (TPSA) is 38.1 Å². The monoisotopic (exact) mass is 270 g/mol. The van der Waals surface area contributed by atoms with E-state index in [1.165, 1.54) is 11.3 Å². The molecule has 0 aromatic carbocycles. The van der Waals surface area contributed by atoms with Crippen molar-refractivity contribution in [2.24, 2.45) is 0 Å². The highest BCUT2D eigenvalue weighted by atomic mass is 35.5. The molecule has 2 aromatic rings. The van der Waals surface area contributed by atoms with Gasteiger partial charge < -0.3 is 9.73 Å². The van der Waals surface area contributed by atoms with Gasteiger partial charge in [-0.3, -0.25) is 0 Å². The molecule has 5 heteroatoms. The van der Waals surface area contributed by atoms with E-state index in [9.17, 15) is 0 Å². The van der Waals surface area contributed by atoms with E-state index in [0.717, 1.165) is 10.6 Å². The lowest BCUT2D eigenvalue weighted by molar-refractivity contribution is 0.421. The molecule has 3 nitrogen and oxygen atoms in total. The van der Waals surface area contributed by atoms with Crippen LogP contribution in [0.25, 0.3) is 10.8 Å². The van der Waals surface area contributed by atoms with E-state index < -0.39 is 0 Å². The van der Waals surface area contributed by atoms with E-state index in [2.05, 4.69) is 31.1 Å². The molecule has 0 aliphatic carbocycles. The van der Waals surface area contributed by atoms with Crippen LogP contribution < -0.4 is 5.32 Å². The van der Waals surface area contributed by atoms with Gasteiger partial charge in [0.25, 0.3) is 0 Å². The maximum Gasteiger partial charge on any atom is 0.238 e. The Morgan fingerprint density at radius 1 is 1.47 bits per heavy atom. The Labute approximate surface area is 110 Å². The highest BCUT2D eigenvalue weighted by Gasteiger charge is 2.13. The number of nitrogens with zero attached hydrogens (tertiary/aromatic N) is 1. The van der Waals surface area contributed by atoms with Gasteiger partial charge in [0.2, 0.25) is 5.89 Å². The third-order valence-corrected chi connectivity index (χ3v) is 3.49. The van der Waals surface area contributed by atoms with Gasteiger partial charge in [0.15, 0.2) is 0 Å². The lowest BCUT2D eigenvalue weighted by Crippen LogP contribution is -2.35. The Morgan fingerprint density at radius 2 is 2.24 bits per heavy atom. The van der Waals surface area contributed by atoms with E-state index in [0.29, 0.717) is 17.5 Å². The molecule has 0 atom stereocenters. The number of halogens is 1. The van der Waals surface area contributed by atoms with Crippen LogP contribution in [0.5, 0.6) is 0 Å². The summed E-state index contributed by atoms with van der Waals surface area (Å²) >= 11 is 7.56. The first kappa shape index (κ1) is 12.6. The number of hydrogen-bond donors (Lipinski definition) is 1. The molecule has 2 heterocycles. The summed E-state index contributed by atoms with van der Waals surface area (Å²) in [6.07, 6.45) is 1.67. The zero-order valence-electron chi connectivity index (χ0n) is 10.1. The molecule has 92 valence electrons. The summed E-state index contributed by atoms with van der Waals surface area (Å²) in [4.78, 5) is 5.30. The highest BCUT2D eigenvalue weighted by molar-refractivity contribution is 7.14. The Balaban J connectivity index is 2.09. The predicted octanol–water partition coefficient (Wildman–Crippen LogP) is 3.94. The molecule has 2 rings (SSSR count). The van der Waals surface area contributed by atoms with Crippen molar-refractivity contribution in [1.29, 1.82) is 0 Å². The molecule has 2 aromatic heterocycles. The number of thiophene rings is 1. The van der Waals surface area contributed by atoms with E-state index in [1.54, 1.807) is 6.26 Å². The molecular formula is C12H15ClN2OS. The van der Waals surface area contributed by atoms with Crippen LogP contribution in [-0.2, 0) is 6.54 Å². The minimum atomic E-state index is 0.0691. The smallest absolute Gasteiger partial charge is 0.238 e. The second kappa shape index (κ2) is 4.80. The van der Waals surface area contributed by atoms with Gasteiger partial charge in [0.05, 0.1) is 10.7 Å². The molecular weight excluding hydrogens is 256 g/mol. The Bertz CT molecular complexity index is 499. The van der Waals surface area contributed by atoms with Crippen LogP contribution in [-0.4, -0.2) is 10.5 Å². The van der Waals surface area contributed by atoms with Gasteiger partial charge in [-0.25, -0.2) is 4.98 Å². The van der Waals surface area contributed by atoms with Gasteiger partial charge in [-0.1, -0.05) is 11.6 Å². The van der Waals surface area contributed by atoms with E-state index >= 15 is 0 Å². The fraction of sp³-hybridized carbons (Fsp3) is 0.417. The van der Waals surface area contributed by atoms with Gasteiger partial charge in [-0.15, -0.1) is 11.3 Å². The van der Waals surface area contributed by atoms with Crippen LogP contribution in [0.3, 0.4) is 0 Å². The van der Waals surface area contributed by atoms with Crippen LogP contribution in [0.15, 0.2) is 22.1 Å². The first-order chi connectivity index (χ1) is 7.96. The first-order valence-electron chi connectivity index (χ1n) is 5.38. The SMILES string of the molecule is CC(C)(C)NCc1coc(-c2sccc2Cl)n1. The van der Waals surface area contributed by atoms with Gasteiger partial charge in [0.1, 0.15) is 11.1 Å². The highest BCUT2D eigenvalue weighted by Crippen LogP contribution is 2.32. The number of hydrogen-bond acceptors (Lipinski definition) is 4. The number of nitrogens with one attached hydrogen (secondary N) is 1. The average Bonchev–Trinajstić information content (AvgIpc) is 2.81. The average molecular weight is 271 g/mol. The van der Waals surface area contributed by atoms with Crippen molar-refractivity contribution in [2.45, 2.75) is 32.9 Å². The number of oxazole rings is 1. The van der Waals surface area contributed by atoms with Crippen LogP contribution in [0.4, 0.5) is 0 Å². The largest absolute Gasteiger partial charge is 0.443 e. The zero-order valence-corrected chi connectivity index (χ0v) is 11.7. The van der Waals surface area contributed by atoms with Crippen molar-refractivity contribution in [2.75, 3.05) is 0 Å². The van der Waals surface area contributed by atoms with E-state index in [-0.39, 0.29) is 5.54 Å². The second-order valence-electron chi connectivity index (χ2n) is 4.85. The maximum absolute atomic E-state index is 6.03. The summed E-state index contributed by atoms with van der Waals surface area (Å²) in [6.45, 7) is 7.04. The second-order valence-corrected chi connectivity index (χ2v) is 6.17. The molecule has 0 fully saturated rings. The van der Waals surface area contributed by atoms with Crippen LogP contribution >= 0.6 is 22.9 Å². The Kier molecular flexibility index (Phi) is 3.56. The molecule has 17 heavy (non-hydrogen) atoms. The number of rotatable bonds is 3. The van der Waals surface area contributed by atoms with Crippen LogP contribution in [0.2, 0.25) is 5.02 Å². The van der Waals surface area contributed by atoms with Crippen LogP contribution in [0.1, 0.15) is 26.5 Å². The minimum absolute atomic E-state index is 0.0691. The minimum Gasteiger partial charge on any atom is -0.443 e. The van der Waals surface area contributed by atoms with Crippen molar-refractivity contribution in [3.05, 3.63) is 28.4 Å². The summed E-state index contributed by atoms with van der Waals surface area (Å²) < 4.78 is 5.43. The molecule has 0 unspecified atom stereocenters. The van der Waals surface area contributed by atoms with E-state index in [4.69, 9.17) is 16.0 Å². The van der Waals surface area contributed by atoms with Crippen molar-refractivity contribution in [1.82, 2.24) is 10.3 Å². The molecule has 0 spiro atoms. The third-order valence-electron chi connectivity index (χ3n) is 2.16.